The molecule has 0 bridgehead atoms. The highest BCUT2D eigenvalue weighted by atomic mass is 19.4. The van der Waals surface area contributed by atoms with Gasteiger partial charge in [-0.3, -0.25) is 0 Å². The van der Waals surface area contributed by atoms with E-state index in [9.17, 15) is 18.3 Å². The molecule has 0 aliphatic rings. The van der Waals surface area contributed by atoms with Gasteiger partial charge in [0.2, 0.25) is 5.60 Å². The minimum atomic E-state index is -4.90. The molecule has 3 heterocycles. The van der Waals surface area contributed by atoms with Crippen molar-refractivity contribution in [3.8, 4) is 0 Å². The van der Waals surface area contributed by atoms with Crippen LogP contribution in [0, 0.1) is 6.92 Å². The highest BCUT2D eigenvalue weighted by molar-refractivity contribution is 6.05. The molecule has 1 unspecified atom stereocenters. The van der Waals surface area contributed by atoms with Crippen molar-refractivity contribution in [2.75, 3.05) is 11.9 Å². The van der Waals surface area contributed by atoms with Gasteiger partial charge in [-0.15, -0.1) is 0 Å². The fourth-order valence-corrected chi connectivity index (χ4v) is 3.07. The number of nitrogens with zero attached hydrogens (tertiary/aromatic N) is 2. The van der Waals surface area contributed by atoms with Gasteiger partial charge in [-0.05, 0) is 31.2 Å². The monoisotopic (exact) mass is 391 g/mol. The van der Waals surface area contributed by atoms with Crippen LogP contribution in [0.2, 0.25) is 0 Å². The van der Waals surface area contributed by atoms with Crippen LogP contribution in [0.4, 0.5) is 19.0 Å². The number of rotatable bonds is 5. The third kappa shape index (κ3) is 2.97. The number of alkyl halides is 3. The van der Waals surface area contributed by atoms with Gasteiger partial charge in [0.05, 0.1) is 0 Å². The molecule has 2 N–H and O–H groups in total. The van der Waals surface area contributed by atoms with Crippen molar-refractivity contribution < 1.29 is 27.1 Å². The number of aromatic nitrogens is 2. The lowest BCUT2D eigenvalue weighted by Crippen LogP contribution is -2.43. The Morgan fingerprint density at radius 1 is 1.07 bits per heavy atom. The third-order valence-electron chi connectivity index (χ3n) is 4.55. The highest BCUT2D eigenvalue weighted by Crippen LogP contribution is 2.42. The SMILES string of the molecule is Cc1ccc(C(O)(CCNc2ncnc3c2oc2ccccc23)C(F)(F)F)o1. The van der Waals surface area contributed by atoms with Crippen molar-refractivity contribution in [2.24, 2.45) is 0 Å². The molecule has 3 aromatic heterocycles. The summed E-state index contributed by atoms with van der Waals surface area (Å²) in [5.41, 5.74) is -1.62. The molecule has 0 radical (unpaired) electrons. The number of para-hydroxylation sites is 1. The number of aliphatic hydroxyl groups is 1. The van der Waals surface area contributed by atoms with Crippen LogP contribution in [0.3, 0.4) is 0 Å². The maximum atomic E-state index is 13.5. The van der Waals surface area contributed by atoms with Gasteiger partial charge in [0, 0.05) is 18.4 Å². The number of benzene rings is 1. The van der Waals surface area contributed by atoms with Gasteiger partial charge in [-0.1, -0.05) is 12.1 Å². The molecule has 6 nitrogen and oxygen atoms in total. The summed E-state index contributed by atoms with van der Waals surface area (Å²) in [6, 6.07) is 9.75. The average molecular weight is 391 g/mol. The number of anilines is 1. The second-order valence-electron chi connectivity index (χ2n) is 6.44. The van der Waals surface area contributed by atoms with E-state index in [-0.39, 0.29) is 18.1 Å². The topological polar surface area (TPSA) is 84.3 Å². The van der Waals surface area contributed by atoms with E-state index in [1.165, 1.54) is 19.3 Å². The zero-order chi connectivity index (χ0) is 19.9. The van der Waals surface area contributed by atoms with Gasteiger partial charge in [0.25, 0.3) is 0 Å². The second kappa shape index (κ2) is 6.52. The Kier molecular flexibility index (Phi) is 4.26. The lowest BCUT2D eigenvalue weighted by atomic mass is 9.95. The summed E-state index contributed by atoms with van der Waals surface area (Å²) in [6.07, 6.45) is -4.27. The van der Waals surface area contributed by atoms with Crippen LogP contribution >= 0.6 is 0 Å². The molecule has 146 valence electrons. The van der Waals surface area contributed by atoms with Gasteiger partial charge in [-0.25, -0.2) is 9.97 Å². The highest BCUT2D eigenvalue weighted by Gasteiger charge is 2.56. The van der Waals surface area contributed by atoms with Crippen molar-refractivity contribution in [1.29, 1.82) is 0 Å². The summed E-state index contributed by atoms with van der Waals surface area (Å²) in [7, 11) is 0. The minimum Gasteiger partial charge on any atom is -0.463 e. The van der Waals surface area contributed by atoms with Crippen LogP contribution < -0.4 is 5.32 Å². The molecule has 1 atom stereocenters. The van der Waals surface area contributed by atoms with Crippen LogP contribution in [0.25, 0.3) is 22.1 Å². The molecule has 0 amide bonds. The van der Waals surface area contributed by atoms with E-state index in [2.05, 4.69) is 15.3 Å². The van der Waals surface area contributed by atoms with Crippen molar-refractivity contribution >= 4 is 27.9 Å². The largest absolute Gasteiger partial charge is 0.463 e. The zero-order valence-electron chi connectivity index (χ0n) is 14.7. The number of hydrogen-bond acceptors (Lipinski definition) is 6. The Labute approximate surface area is 157 Å². The van der Waals surface area contributed by atoms with E-state index < -0.39 is 24.0 Å². The average Bonchev–Trinajstić information content (AvgIpc) is 3.25. The van der Waals surface area contributed by atoms with Crippen LogP contribution in [-0.2, 0) is 5.60 Å². The summed E-state index contributed by atoms with van der Waals surface area (Å²) in [5, 5.41) is 13.9. The van der Waals surface area contributed by atoms with Gasteiger partial charge in [-0.2, -0.15) is 13.2 Å². The molecule has 4 aromatic rings. The van der Waals surface area contributed by atoms with E-state index in [1.54, 1.807) is 12.1 Å². The second-order valence-corrected chi connectivity index (χ2v) is 6.44. The first kappa shape index (κ1) is 18.3. The molecule has 1 aromatic carbocycles. The molecular weight excluding hydrogens is 375 g/mol. The van der Waals surface area contributed by atoms with Crippen LogP contribution in [0.5, 0.6) is 0 Å². The maximum Gasteiger partial charge on any atom is 0.424 e. The summed E-state index contributed by atoms with van der Waals surface area (Å²) < 4.78 is 51.4. The molecule has 0 spiro atoms. The lowest BCUT2D eigenvalue weighted by molar-refractivity contribution is -0.274. The Morgan fingerprint density at radius 2 is 1.86 bits per heavy atom. The van der Waals surface area contributed by atoms with E-state index >= 15 is 0 Å². The molecular formula is C19H16F3N3O3. The number of halogens is 3. The molecule has 0 fully saturated rings. The van der Waals surface area contributed by atoms with Crippen LogP contribution in [-0.4, -0.2) is 27.8 Å². The minimum absolute atomic E-state index is 0.223. The van der Waals surface area contributed by atoms with Gasteiger partial charge >= 0.3 is 6.18 Å². The normalized spacial score (nSPS) is 14.5. The van der Waals surface area contributed by atoms with E-state index in [0.717, 1.165) is 11.5 Å². The standard InChI is InChI=1S/C19H16F3N3O3/c1-11-6-7-14(27-11)18(26,19(20,21)22)8-9-23-17-16-15(24-10-25-17)12-4-2-3-5-13(12)28-16/h2-7,10,26H,8-9H2,1H3,(H,23,24,25). The van der Waals surface area contributed by atoms with Crippen molar-refractivity contribution in [2.45, 2.75) is 25.1 Å². The number of furan rings is 2. The van der Waals surface area contributed by atoms with Gasteiger partial charge in [0.1, 0.15) is 28.9 Å². The molecule has 9 heteroatoms. The number of hydrogen-bond donors (Lipinski definition) is 2. The summed E-state index contributed by atoms with van der Waals surface area (Å²) in [6.45, 7) is 1.29. The number of nitrogens with one attached hydrogen (secondary N) is 1. The predicted molar refractivity (Wildman–Crippen MR) is 95.8 cm³/mol. The van der Waals surface area contributed by atoms with Crippen molar-refractivity contribution in [3.05, 3.63) is 54.2 Å². The number of fused-ring (bicyclic) bond motifs is 3. The fraction of sp³-hybridized carbons (Fsp3) is 0.263. The van der Waals surface area contributed by atoms with Crippen molar-refractivity contribution in [3.63, 3.8) is 0 Å². The summed E-state index contributed by atoms with van der Waals surface area (Å²) in [5.74, 6) is -0.0114. The lowest BCUT2D eigenvalue weighted by Gasteiger charge is -2.28. The first-order valence-electron chi connectivity index (χ1n) is 8.52. The molecule has 0 aliphatic heterocycles. The molecule has 28 heavy (non-hydrogen) atoms. The van der Waals surface area contributed by atoms with E-state index in [0.29, 0.717) is 16.7 Å². The third-order valence-corrected chi connectivity index (χ3v) is 4.55. The Hall–Kier alpha value is -3.07. The maximum absolute atomic E-state index is 13.5. The smallest absolute Gasteiger partial charge is 0.424 e. The van der Waals surface area contributed by atoms with E-state index in [1.807, 2.05) is 12.1 Å². The zero-order valence-corrected chi connectivity index (χ0v) is 14.7. The van der Waals surface area contributed by atoms with Crippen LogP contribution in [0.15, 0.2) is 51.6 Å². The number of aryl methyl sites for hydroxylation is 1. The van der Waals surface area contributed by atoms with Crippen LogP contribution in [0.1, 0.15) is 17.9 Å². The first-order chi connectivity index (χ1) is 13.3. The Balaban J connectivity index is 1.60. The fourth-order valence-electron chi connectivity index (χ4n) is 3.07. The quantitative estimate of drug-likeness (QED) is 0.520. The van der Waals surface area contributed by atoms with Gasteiger partial charge < -0.3 is 19.3 Å². The van der Waals surface area contributed by atoms with Gasteiger partial charge in [0.15, 0.2) is 11.4 Å². The predicted octanol–water partition coefficient (Wildman–Crippen LogP) is 4.53. The molecule has 0 saturated heterocycles. The summed E-state index contributed by atoms with van der Waals surface area (Å²) in [4.78, 5) is 8.25. The molecule has 4 rings (SSSR count). The van der Waals surface area contributed by atoms with E-state index in [4.69, 9.17) is 8.83 Å². The molecule has 0 saturated carbocycles. The summed E-state index contributed by atoms with van der Waals surface area (Å²) >= 11 is 0. The Morgan fingerprint density at radius 3 is 2.57 bits per heavy atom. The Bertz CT molecular complexity index is 1140. The molecule has 0 aliphatic carbocycles. The van der Waals surface area contributed by atoms with Crippen molar-refractivity contribution in [1.82, 2.24) is 9.97 Å². The first-order valence-corrected chi connectivity index (χ1v) is 8.52.